The SMILES string of the molecule is CC(C)c1ccc(C=CC(=O)NC2CCCCC2)cc1. The summed E-state index contributed by atoms with van der Waals surface area (Å²) in [4.78, 5) is 11.9. The van der Waals surface area contributed by atoms with Gasteiger partial charge in [0.1, 0.15) is 0 Å². The first-order valence-corrected chi connectivity index (χ1v) is 7.73. The van der Waals surface area contributed by atoms with E-state index in [1.807, 2.05) is 6.08 Å². The minimum atomic E-state index is 0.0323. The zero-order chi connectivity index (χ0) is 14.4. The molecule has 0 bridgehead atoms. The first-order valence-electron chi connectivity index (χ1n) is 7.73. The van der Waals surface area contributed by atoms with Crippen LogP contribution >= 0.6 is 0 Å². The number of carbonyl (C=O) groups excluding carboxylic acids is 1. The van der Waals surface area contributed by atoms with Gasteiger partial charge in [-0.3, -0.25) is 4.79 Å². The van der Waals surface area contributed by atoms with Crippen LogP contribution in [0, 0.1) is 0 Å². The molecule has 0 aliphatic heterocycles. The van der Waals surface area contributed by atoms with Gasteiger partial charge in [-0.2, -0.15) is 0 Å². The highest BCUT2D eigenvalue weighted by atomic mass is 16.1. The molecule has 0 spiro atoms. The number of carbonyl (C=O) groups is 1. The third-order valence-corrected chi connectivity index (χ3v) is 3.98. The third kappa shape index (κ3) is 4.52. The van der Waals surface area contributed by atoms with Crippen LogP contribution in [0.3, 0.4) is 0 Å². The second-order valence-corrected chi connectivity index (χ2v) is 6.00. The molecule has 1 fully saturated rings. The molecule has 1 amide bonds. The Morgan fingerprint density at radius 2 is 1.80 bits per heavy atom. The van der Waals surface area contributed by atoms with Gasteiger partial charge in [-0.05, 0) is 36.0 Å². The normalized spacial score (nSPS) is 16.8. The van der Waals surface area contributed by atoms with E-state index in [4.69, 9.17) is 0 Å². The monoisotopic (exact) mass is 271 g/mol. The lowest BCUT2D eigenvalue weighted by atomic mass is 9.95. The summed E-state index contributed by atoms with van der Waals surface area (Å²) in [5, 5.41) is 3.09. The fraction of sp³-hybridized carbons (Fsp3) is 0.500. The Kier molecular flexibility index (Phi) is 5.40. The van der Waals surface area contributed by atoms with E-state index in [1.165, 1.54) is 24.8 Å². The van der Waals surface area contributed by atoms with E-state index in [0.717, 1.165) is 18.4 Å². The summed E-state index contributed by atoms with van der Waals surface area (Å²) in [5.74, 6) is 0.576. The molecule has 1 aromatic rings. The number of hydrogen-bond donors (Lipinski definition) is 1. The fourth-order valence-corrected chi connectivity index (χ4v) is 2.66. The van der Waals surface area contributed by atoms with Gasteiger partial charge in [0.2, 0.25) is 5.91 Å². The first kappa shape index (κ1) is 14.8. The largest absolute Gasteiger partial charge is 0.350 e. The minimum Gasteiger partial charge on any atom is -0.350 e. The highest BCUT2D eigenvalue weighted by molar-refractivity contribution is 5.91. The number of nitrogens with one attached hydrogen (secondary N) is 1. The van der Waals surface area contributed by atoms with Crippen molar-refractivity contribution in [2.24, 2.45) is 0 Å². The van der Waals surface area contributed by atoms with Crippen molar-refractivity contribution >= 4 is 12.0 Å². The van der Waals surface area contributed by atoms with Crippen molar-refractivity contribution in [1.82, 2.24) is 5.32 Å². The van der Waals surface area contributed by atoms with Gasteiger partial charge in [0.15, 0.2) is 0 Å². The Labute approximate surface area is 122 Å². The van der Waals surface area contributed by atoms with Gasteiger partial charge in [0, 0.05) is 12.1 Å². The molecule has 1 aliphatic carbocycles. The highest BCUT2D eigenvalue weighted by Gasteiger charge is 2.13. The summed E-state index contributed by atoms with van der Waals surface area (Å²) in [5.41, 5.74) is 2.40. The molecule has 2 heteroatoms. The molecular formula is C18H25NO. The summed E-state index contributed by atoms with van der Waals surface area (Å²) in [6.07, 6.45) is 9.59. The molecular weight excluding hydrogens is 246 g/mol. The molecule has 0 atom stereocenters. The summed E-state index contributed by atoms with van der Waals surface area (Å²) < 4.78 is 0. The average Bonchev–Trinajstić information content (AvgIpc) is 2.46. The quantitative estimate of drug-likeness (QED) is 0.814. The Morgan fingerprint density at radius 3 is 2.40 bits per heavy atom. The molecule has 0 heterocycles. The summed E-state index contributed by atoms with van der Waals surface area (Å²) in [7, 11) is 0. The molecule has 0 radical (unpaired) electrons. The Bertz CT molecular complexity index is 453. The molecule has 2 rings (SSSR count). The van der Waals surface area contributed by atoms with Gasteiger partial charge in [0.05, 0.1) is 0 Å². The van der Waals surface area contributed by atoms with Crippen molar-refractivity contribution in [1.29, 1.82) is 0 Å². The topological polar surface area (TPSA) is 29.1 Å². The van der Waals surface area contributed by atoms with Gasteiger partial charge in [-0.1, -0.05) is 57.4 Å². The van der Waals surface area contributed by atoms with Crippen molar-refractivity contribution in [2.45, 2.75) is 57.9 Å². The lowest BCUT2D eigenvalue weighted by Gasteiger charge is -2.21. The molecule has 108 valence electrons. The zero-order valence-corrected chi connectivity index (χ0v) is 12.6. The van der Waals surface area contributed by atoms with Crippen LogP contribution in [0.15, 0.2) is 30.3 Å². The number of amides is 1. The summed E-state index contributed by atoms with van der Waals surface area (Å²) in [6, 6.07) is 8.77. The van der Waals surface area contributed by atoms with E-state index in [-0.39, 0.29) is 5.91 Å². The fourth-order valence-electron chi connectivity index (χ4n) is 2.66. The van der Waals surface area contributed by atoms with Crippen molar-refractivity contribution < 1.29 is 4.79 Å². The minimum absolute atomic E-state index is 0.0323. The lowest BCUT2D eigenvalue weighted by Crippen LogP contribution is -2.34. The van der Waals surface area contributed by atoms with Crippen LogP contribution in [-0.4, -0.2) is 11.9 Å². The lowest BCUT2D eigenvalue weighted by molar-refractivity contribution is -0.117. The van der Waals surface area contributed by atoms with Gasteiger partial charge >= 0.3 is 0 Å². The predicted octanol–water partition coefficient (Wildman–Crippen LogP) is 4.27. The number of hydrogen-bond acceptors (Lipinski definition) is 1. The molecule has 0 aromatic heterocycles. The van der Waals surface area contributed by atoms with Crippen LogP contribution in [0.1, 0.15) is 63.0 Å². The average molecular weight is 271 g/mol. The van der Waals surface area contributed by atoms with Crippen molar-refractivity contribution in [3.63, 3.8) is 0 Å². The van der Waals surface area contributed by atoms with Gasteiger partial charge in [-0.25, -0.2) is 0 Å². The van der Waals surface area contributed by atoms with E-state index >= 15 is 0 Å². The van der Waals surface area contributed by atoms with Crippen molar-refractivity contribution in [3.8, 4) is 0 Å². The Morgan fingerprint density at radius 1 is 1.15 bits per heavy atom. The Balaban J connectivity index is 1.86. The standard InChI is InChI=1S/C18H25NO/c1-14(2)16-11-8-15(9-12-16)10-13-18(20)19-17-6-4-3-5-7-17/h8-14,17H,3-7H2,1-2H3,(H,19,20). The number of benzene rings is 1. The van der Waals surface area contributed by atoms with Gasteiger partial charge in [0.25, 0.3) is 0 Å². The van der Waals surface area contributed by atoms with Crippen LogP contribution in [-0.2, 0) is 4.79 Å². The van der Waals surface area contributed by atoms with E-state index in [2.05, 4.69) is 43.4 Å². The molecule has 1 saturated carbocycles. The maximum absolute atomic E-state index is 11.9. The van der Waals surface area contributed by atoms with Crippen LogP contribution < -0.4 is 5.32 Å². The third-order valence-electron chi connectivity index (χ3n) is 3.98. The van der Waals surface area contributed by atoms with Crippen LogP contribution in [0.4, 0.5) is 0 Å². The zero-order valence-electron chi connectivity index (χ0n) is 12.6. The van der Waals surface area contributed by atoms with E-state index < -0.39 is 0 Å². The number of rotatable bonds is 4. The second kappa shape index (κ2) is 7.28. The van der Waals surface area contributed by atoms with Crippen LogP contribution in [0.2, 0.25) is 0 Å². The molecule has 1 N–H and O–H groups in total. The Hall–Kier alpha value is -1.57. The van der Waals surface area contributed by atoms with Gasteiger partial charge < -0.3 is 5.32 Å². The molecule has 0 saturated heterocycles. The van der Waals surface area contributed by atoms with Crippen molar-refractivity contribution in [3.05, 3.63) is 41.5 Å². The maximum atomic E-state index is 11.9. The smallest absolute Gasteiger partial charge is 0.244 e. The van der Waals surface area contributed by atoms with E-state index in [1.54, 1.807) is 6.08 Å². The molecule has 1 aliphatic rings. The van der Waals surface area contributed by atoms with Crippen molar-refractivity contribution in [2.75, 3.05) is 0 Å². The van der Waals surface area contributed by atoms with E-state index in [0.29, 0.717) is 12.0 Å². The molecule has 1 aromatic carbocycles. The van der Waals surface area contributed by atoms with Crippen LogP contribution in [0.5, 0.6) is 0 Å². The van der Waals surface area contributed by atoms with E-state index in [9.17, 15) is 4.79 Å². The van der Waals surface area contributed by atoms with Crippen LogP contribution in [0.25, 0.3) is 6.08 Å². The second-order valence-electron chi connectivity index (χ2n) is 6.00. The first-order chi connectivity index (χ1) is 9.65. The molecule has 20 heavy (non-hydrogen) atoms. The predicted molar refractivity (Wildman–Crippen MR) is 84.6 cm³/mol. The van der Waals surface area contributed by atoms with Gasteiger partial charge in [-0.15, -0.1) is 0 Å². The molecule has 2 nitrogen and oxygen atoms in total. The molecule has 0 unspecified atom stereocenters. The summed E-state index contributed by atoms with van der Waals surface area (Å²) in [6.45, 7) is 4.37. The maximum Gasteiger partial charge on any atom is 0.244 e. The summed E-state index contributed by atoms with van der Waals surface area (Å²) >= 11 is 0. The highest BCUT2D eigenvalue weighted by Crippen LogP contribution is 2.17.